The number of rotatable bonds is 3. The van der Waals surface area contributed by atoms with Gasteiger partial charge in [-0.25, -0.2) is 0 Å². The van der Waals surface area contributed by atoms with Gasteiger partial charge in [-0.1, -0.05) is 43.3 Å². The Hall–Kier alpha value is -1.34. The van der Waals surface area contributed by atoms with Crippen LogP contribution in [-0.4, -0.2) is 5.11 Å². The summed E-state index contributed by atoms with van der Waals surface area (Å²) in [6.45, 7) is 2.16. The summed E-state index contributed by atoms with van der Waals surface area (Å²) in [6, 6.07) is 14.6. The van der Waals surface area contributed by atoms with Gasteiger partial charge in [-0.15, -0.1) is 0 Å². The molecule has 0 spiro atoms. The third kappa shape index (κ3) is 2.07. The van der Waals surface area contributed by atoms with Gasteiger partial charge in [0.25, 0.3) is 0 Å². The molecular formula is C16H18O. The van der Waals surface area contributed by atoms with Gasteiger partial charge in [0, 0.05) is 0 Å². The van der Waals surface area contributed by atoms with E-state index in [1.165, 1.54) is 23.6 Å². The Morgan fingerprint density at radius 3 is 2.47 bits per heavy atom. The van der Waals surface area contributed by atoms with E-state index in [0.29, 0.717) is 5.92 Å². The Morgan fingerprint density at radius 1 is 1.06 bits per heavy atom. The highest BCUT2D eigenvalue weighted by molar-refractivity contribution is 5.83. The van der Waals surface area contributed by atoms with Gasteiger partial charge >= 0.3 is 0 Å². The molecule has 0 saturated heterocycles. The van der Waals surface area contributed by atoms with E-state index in [1.54, 1.807) is 0 Å². The van der Waals surface area contributed by atoms with Crippen LogP contribution in [0.15, 0.2) is 42.5 Å². The summed E-state index contributed by atoms with van der Waals surface area (Å²) < 4.78 is 0. The van der Waals surface area contributed by atoms with Crippen LogP contribution in [0.1, 0.15) is 31.4 Å². The molecule has 17 heavy (non-hydrogen) atoms. The second-order valence-electron chi connectivity index (χ2n) is 5.25. The van der Waals surface area contributed by atoms with Gasteiger partial charge < -0.3 is 5.11 Å². The van der Waals surface area contributed by atoms with Gasteiger partial charge in [-0.05, 0) is 47.1 Å². The minimum atomic E-state index is -0.313. The molecule has 1 aliphatic rings. The maximum Gasteiger partial charge on any atom is 0.0818 e. The van der Waals surface area contributed by atoms with Crippen molar-refractivity contribution in [1.82, 2.24) is 0 Å². The van der Waals surface area contributed by atoms with E-state index in [0.717, 1.165) is 11.5 Å². The average molecular weight is 226 g/mol. The topological polar surface area (TPSA) is 20.2 Å². The van der Waals surface area contributed by atoms with Gasteiger partial charge in [-0.2, -0.15) is 0 Å². The molecule has 0 aromatic heterocycles. The van der Waals surface area contributed by atoms with Crippen LogP contribution in [0.3, 0.4) is 0 Å². The van der Waals surface area contributed by atoms with Crippen molar-refractivity contribution in [3.05, 3.63) is 48.0 Å². The van der Waals surface area contributed by atoms with Crippen molar-refractivity contribution in [2.45, 2.75) is 25.9 Å². The molecule has 0 bridgehead atoms. The van der Waals surface area contributed by atoms with Crippen LogP contribution in [0.4, 0.5) is 0 Å². The molecule has 1 N–H and O–H groups in total. The predicted octanol–water partition coefficient (Wildman–Crippen LogP) is 3.92. The lowest BCUT2D eigenvalue weighted by Crippen LogP contribution is -2.10. The maximum absolute atomic E-state index is 10.4. The van der Waals surface area contributed by atoms with Crippen LogP contribution in [0.25, 0.3) is 10.8 Å². The van der Waals surface area contributed by atoms with E-state index in [-0.39, 0.29) is 6.10 Å². The highest BCUT2D eigenvalue weighted by atomic mass is 16.3. The third-order valence-corrected chi connectivity index (χ3v) is 3.98. The van der Waals surface area contributed by atoms with Crippen LogP contribution in [0.5, 0.6) is 0 Å². The number of benzene rings is 2. The lowest BCUT2D eigenvalue weighted by Gasteiger charge is -2.19. The van der Waals surface area contributed by atoms with Crippen LogP contribution in [-0.2, 0) is 0 Å². The zero-order valence-electron chi connectivity index (χ0n) is 10.1. The Balaban J connectivity index is 1.93. The number of aliphatic hydroxyl groups is 1. The van der Waals surface area contributed by atoms with Gasteiger partial charge in [0.2, 0.25) is 0 Å². The van der Waals surface area contributed by atoms with Crippen LogP contribution < -0.4 is 0 Å². The quantitative estimate of drug-likeness (QED) is 0.841. The molecule has 2 atom stereocenters. The van der Waals surface area contributed by atoms with Crippen molar-refractivity contribution < 1.29 is 5.11 Å². The molecule has 0 amide bonds. The van der Waals surface area contributed by atoms with E-state index < -0.39 is 0 Å². The van der Waals surface area contributed by atoms with Crippen molar-refractivity contribution >= 4 is 10.8 Å². The summed E-state index contributed by atoms with van der Waals surface area (Å²) in [5, 5.41) is 12.8. The molecule has 0 heterocycles. The highest BCUT2D eigenvalue weighted by Crippen LogP contribution is 2.42. The maximum atomic E-state index is 10.4. The molecule has 0 aliphatic heterocycles. The van der Waals surface area contributed by atoms with Gasteiger partial charge in [-0.3, -0.25) is 0 Å². The largest absolute Gasteiger partial charge is 0.388 e. The molecule has 1 heteroatoms. The Morgan fingerprint density at radius 2 is 1.76 bits per heavy atom. The molecule has 2 unspecified atom stereocenters. The SMILES string of the molecule is CC(C1CC1)C(O)c1ccc2ccccc2c1. The first-order valence-corrected chi connectivity index (χ1v) is 6.42. The smallest absolute Gasteiger partial charge is 0.0818 e. The first-order valence-electron chi connectivity index (χ1n) is 6.42. The van der Waals surface area contributed by atoms with E-state index >= 15 is 0 Å². The van der Waals surface area contributed by atoms with E-state index in [9.17, 15) is 5.11 Å². The Bertz CT molecular complexity index is 528. The molecule has 1 fully saturated rings. The first kappa shape index (κ1) is 10.8. The molecule has 2 aromatic rings. The van der Waals surface area contributed by atoms with Crippen molar-refractivity contribution in [2.24, 2.45) is 11.8 Å². The van der Waals surface area contributed by atoms with E-state index in [2.05, 4.69) is 37.3 Å². The minimum absolute atomic E-state index is 0.313. The zero-order chi connectivity index (χ0) is 11.8. The summed E-state index contributed by atoms with van der Waals surface area (Å²) in [4.78, 5) is 0. The second-order valence-corrected chi connectivity index (χ2v) is 5.25. The van der Waals surface area contributed by atoms with Crippen molar-refractivity contribution in [3.8, 4) is 0 Å². The number of hydrogen-bond acceptors (Lipinski definition) is 1. The standard InChI is InChI=1S/C16H18O/c1-11(12-6-7-12)16(17)15-9-8-13-4-2-3-5-14(13)10-15/h2-5,8-12,16-17H,6-7H2,1H3. The Labute approximate surface area is 102 Å². The monoisotopic (exact) mass is 226 g/mol. The molecule has 1 aliphatic carbocycles. The van der Waals surface area contributed by atoms with Gasteiger partial charge in [0.05, 0.1) is 6.10 Å². The van der Waals surface area contributed by atoms with Crippen LogP contribution in [0, 0.1) is 11.8 Å². The molecule has 2 aromatic carbocycles. The third-order valence-electron chi connectivity index (χ3n) is 3.98. The van der Waals surface area contributed by atoms with E-state index in [4.69, 9.17) is 0 Å². The zero-order valence-corrected chi connectivity index (χ0v) is 10.1. The summed E-state index contributed by atoms with van der Waals surface area (Å²) in [5.74, 6) is 1.12. The Kier molecular flexibility index (Phi) is 2.64. The number of fused-ring (bicyclic) bond motifs is 1. The molecule has 1 nitrogen and oxygen atoms in total. The summed E-state index contributed by atoms with van der Waals surface area (Å²) >= 11 is 0. The molecule has 1 saturated carbocycles. The number of aliphatic hydroxyl groups excluding tert-OH is 1. The lowest BCUT2D eigenvalue weighted by atomic mass is 9.92. The van der Waals surface area contributed by atoms with Crippen molar-refractivity contribution in [2.75, 3.05) is 0 Å². The van der Waals surface area contributed by atoms with Crippen molar-refractivity contribution in [1.29, 1.82) is 0 Å². The fourth-order valence-corrected chi connectivity index (χ4v) is 2.58. The summed E-state index contributed by atoms with van der Waals surface area (Å²) in [5.41, 5.74) is 1.06. The average Bonchev–Trinajstić information content (AvgIpc) is 3.21. The molecule has 0 radical (unpaired) electrons. The fourth-order valence-electron chi connectivity index (χ4n) is 2.58. The van der Waals surface area contributed by atoms with Crippen LogP contribution >= 0.6 is 0 Å². The fraction of sp³-hybridized carbons (Fsp3) is 0.375. The first-order chi connectivity index (χ1) is 8.25. The van der Waals surface area contributed by atoms with Gasteiger partial charge in [0.1, 0.15) is 0 Å². The highest BCUT2D eigenvalue weighted by Gasteiger charge is 2.33. The second kappa shape index (κ2) is 4.15. The van der Waals surface area contributed by atoms with Crippen LogP contribution in [0.2, 0.25) is 0 Å². The minimum Gasteiger partial charge on any atom is -0.388 e. The summed E-state index contributed by atoms with van der Waals surface area (Å²) in [7, 11) is 0. The lowest BCUT2D eigenvalue weighted by molar-refractivity contribution is 0.106. The predicted molar refractivity (Wildman–Crippen MR) is 70.8 cm³/mol. The summed E-state index contributed by atoms with van der Waals surface area (Å²) in [6.07, 6.45) is 2.25. The normalized spacial score (nSPS) is 19.2. The number of hydrogen-bond donors (Lipinski definition) is 1. The van der Waals surface area contributed by atoms with Crippen molar-refractivity contribution in [3.63, 3.8) is 0 Å². The van der Waals surface area contributed by atoms with Gasteiger partial charge in [0.15, 0.2) is 0 Å². The molecular weight excluding hydrogens is 208 g/mol. The molecule has 3 rings (SSSR count). The van der Waals surface area contributed by atoms with E-state index in [1.807, 2.05) is 12.1 Å². The molecule has 88 valence electrons.